The van der Waals surface area contributed by atoms with Gasteiger partial charge in [0.1, 0.15) is 5.78 Å². The van der Waals surface area contributed by atoms with Gasteiger partial charge in [0, 0.05) is 12.6 Å². The fraction of sp³-hybridized carbons (Fsp3) is 0.714. The van der Waals surface area contributed by atoms with Gasteiger partial charge in [0.2, 0.25) is 0 Å². The van der Waals surface area contributed by atoms with Gasteiger partial charge in [0.25, 0.3) is 0 Å². The number of nitrogens with zero attached hydrogens (tertiary/aromatic N) is 2. The standard InChI is InChI=1S/C14H25N3O/c1-4-13(5-2)17-10-8-12(16-17)11-14(18)7-6-9-15-3/h8,10,13,15H,4-7,9,11H2,1-3H3. The molecule has 1 rings (SSSR count). The molecular weight excluding hydrogens is 226 g/mol. The van der Waals surface area contributed by atoms with E-state index < -0.39 is 0 Å². The molecule has 0 saturated heterocycles. The minimum absolute atomic E-state index is 0.278. The zero-order chi connectivity index (χ0) is 13.4. The van der Waals surface area contributed by atoms with Crippen LogP contribution in [0.3, 0.4) is 0 Å². The van der Waals surface area contributed by atoms with Gasteiger partial charge >= 0.3 is 0 Å². The lowest BCUT2D eigenvalue weighted by Gasteiger charge is -2.12. The molecule has 4 heteroatoms. The summed E-state index contributed by atoms with van der Waals surface area (Å²) < 4.78 is 2.00. The van der Waals surface area contributed by atoms with E-state index in [1.165, 1.54) is 0 Å². The quantitative estimate of drug-likeness (QED) is 0.685. The van der Waals surface area contributed by atoms with Crippen LogP contribution in [0.4, 0.5) is 0 Å². The highest BCUT2D eigenvalue weighted by Gasteiger charge is 2.10. The average Bonchev–Trinajstić information content (AvgIpc) is 2.79. The molecule has 1 heterocycles. The van der Waals surface area contributed by atoms with Crippen molar-refractivity contribution in [2.45, 2.75) is 52.0 Å². The second-order valence-electron chi connectivity index (χ2n) is 4.68. The monoisotopic (exact) mass is 251 g/mol. The summed E-state index contributed by atoms with van der Waals surface area (Å²) in [5, 5.41) is 7.55. The number of ketones is 1. The number of Topliss-reactive ketones (excluding diaryl/α,β-unsaturated/α-hetero) is 1. The van der Waals surface area contributed by atoms with E-state index in [1.807, 2.05) is 24.0 Å². The van der Waals surface area contributed by atoms with Crippen LogP contribution in [-0.4, -0.2) is 29.2 Å². The molecule has 0 aliphatic rings. The Morgan fingerprint density at radius 3 is 2.78 bits per heavy atom. The summed E-state index contributed by atoms with van der Waals surface area (Å²) in [7, 11) is 1.90. The van der Waals surface area contributed by atoms with Crippen LogP contribution in [0.15, 0.2) is 12.3 Å². The molecule has 0 amide bonds. The normalized spacial score (nSPS) is 11.1. The largest absolute Gasteiger partial charge is 0.320 e. The van der Waals surface area contributed by atoms with Crippen molar-refractivity contribution in [3.8, 4) is 0 Å². The number of hydrogen-bond acceptors (Lipinski definition) is 3. The lowest BCUT2D eigenvalue weighted by Crippen LogP contribution is -2.12. The summed E-state index contributed by atoms with van der Waals surface area (Å²) >= 11 is 0. The Kier molecular flexibility index (Phi) is 6.65. The third-order valence-corrected chi connectivity index (χ3v) is 3.24. The third-order valence-electron chi connectivity index (χ3n) is 3.24. The van der Waals surface area contributed by atoms with E-state index in [0.717, 1.165) is 31.5 Å². The van der Waals surface area contributed by atoms with Gasteiger partial charge in [0.05, 0.1) is 18.2 Å². The number of nitrogens with one attached hydrogen (secondary N) is 1. The zero-order valence-electron chi connectivity index (χ0n) is 11.8. The number of aromatic nitrogens is 2. The summed E-state index contributed by atoms with van der Waals surface area (Å²) in [4.78, 5) is 11.7. The number of carbonyl (C=O) groups is 1. The molecular formula is C14H25N3O. The lowest BCUT2D eigenvalue weighted by molar-refractivity contribution is -0.118. The molecule has 0 radical (unpaired) electrons. The van der Waals surface area contributed by atoms with E-state index in [2.05, 4.69) is 24.3 Å². The third kappa shape index (κ3) is 4.61. The second-order valence-corrected chi connectivity index (χ2v) is 4.68. The van der Waals surface area contributed by atoms with Crippen molar-refractivity contribution >= 4 is 5.78 Å². The van der Waals surface area contributed by atoms with E-state index in [0.29, 0.717) is 18.9 Å². The fourth-order valence-corrected chi connectivity index (χ4v) is 2.09. The van der Waals surface area contributed by atoms with Gasteiger partial charge < -0.3 is 5.32 Å². The van der Waals surface area contributed by atoms with Crippen LogP contribution in [0, 0.1) is 0 Å². The predicted octanol–water partition coefficient (Wildman–Crippen LogP) is 2.36. The summed E-state index contributed by atoms with van der Waals surface area (Å²) in [6.07, 6.45) is 6.16. The SMILES string of the molecule is CCC(CC)n1ccc(CC(=O)CCCNC)n1. The van der Waals surface area contributed by atoms with E-state index in [1.54, 1.807) is 0 Å². The van der Waals surface area contributed by atoms with Gasteiger partial charge in [0.15, 0.2) is 0 Å². The molecule has 0 saturated carbocycles. The highest BCUT2D eigenvalue weighted by Crippen LogP contribution is 2.14. The Balaban J connectivity index is 2.45. The molecule has 0 aliphatic carbocycles. The van der Waals surface area contributed by atoms with Crippen molar-refractivity contribution in [2.24, 2.45) is 0 Å². The summed E-state index contributed by atoms with van der Waals surface area (Å²) in [6, 6.07) is 2.42. The Labute approximate surface area is 110 Å². The Hall–Kier alpha value is -1.16. The molecule has 1 N–H and O–H groups in total. The molecule has 0 aromatic carbocycles. The minimum atomic E-state index is 0.278. The van der Waals surface area contributed by atoms with E-state index >= 15 is 0 Å². The Bertz CT molecular complexity index is 356. The molecule has 0 spiro atoms. The predicted molar refractivity (Wildman–Crippen MR) is 73.7 cm³/mol. The Morgan fingerprint density at radius 2 is 2.17 bits per heavy atom. The van der Waals surface area contributed by atoms with Crippen molar-refractivity contribution in [1.82, 2.24) is 15.1 Å². The van der Waals surface area contributed by atoms with Gasteiger partial charge in [-0.25, -0.2) is 0 Å². The van der Waals surface area contributed by atoms with Gasteiger partial charge in [-0.05, 0) is 38.9 Å². The highest BCUT2D eigenvalue weighted by molar-refractivity contribution is 5.80. The highest BCUT2D eigenvalue weighted by atomic mass is 16.1. The molecule has 0 bridgehead atoms. The summed E-state index contributed by atoms with van der Waals surface area (Å²) in [5.74, 6) is 0.278. The van der Waals surface area contributed by atoms with Crippen LogP contribution in [0.1, 0.15) is 51.3 Å². The van der Waals surface area contributed by atoms with Crippen LogP contribution in [0.25, 0.3) is 0 Å². The summed E-state index contributed by atoms with van der Waals surface area (Å²) in [5.41, 5.74) is 0.899. The van der Waals surface area contributed by atoms with E-state index in [4.69, 9.17) is 0 Å². The first-order valence-electron chi connectivity index (χ1n) is 6.91. The maximum atomic E-state index is 11.7. The average molecular weight is 251 g/mol. The topological polar surface area (TPSA) is 46.9 Å². The molecule has 1 aromatic rings. The molecule has 0 aliphatic heterocycles. The second kappa shape index (κ2) is 8.03. The lowest BCUT2D eigenvalue weighted by atomic mass is 10.1. The maximum absolute atomic E-state index is 11.7. The van der Waals surface area contributed by atoms with Crippen molar-refractivity contribution < 1.29 is 4.79 Å². The van der Waals surface area contributed by atoms with Crippen LogP contribution in [0.2, 0.25) is 0 Å². The van der Waals surface area contributed by atoms with Crippen LogP contribution in [-0.2, 0) is 11.2 Å². The van der Waals surface area contributed by atoms with Crippen molar-refractivity contribution in [1.29, 1.82) is 0 Å². The molecule has 0 unspecified atom stereocenters. The maximum Gasteiger partial charge on any atom is 0.138 e. The Morgan fingerprint density at radius 1 is 1.44 bits per heavy atom. The molecule has 18 heavy (non-hydrogen) atoms. The van der Waals surface area contributed by atoms with Crippen LogP contribution in [0.5, 0.6) is 0 Å². The molecule has 0 fully saturated rings. The van der Waals surface area contributed by atoms with E-state index in [9.17, 15) is 4.79 Å². The fourth-order valence-electron chi connectivity index (χ4n) is 2.09. The molecule has 1 aromatic heterocycles. The first-order chi connectivity index (χ1) is 8.71. The summed E-state index contributed by atoms with van der Waals surface area (Å²) in [6.45, 7) is 5.23. The van der Waals surface area contributed by atoms with Gasteiger partial charge in [-0.2, -0.15) is 5.10 Å². The number of carbonyl (C=O) groups excluding carboxylic acids is 1. The van der Waals surface area contributed by atoms with Crippen molar-refractivity contribution in [3.63, 3.8) is 0 Å². The number of hydrogen-bond donors (Lipinski definition) is 1. The smallest absolute Gasteiger partial charge is 0.138 e. The molecule has 0 atom stereocenters. The van der Waals surface area contributed by atoms with Gasteiger partial charge in [-0.1, -0.05) is 13.8 Å². The minimum Gasteiger partial charge on any atom is -0.320 e. The van der Waals surface area contributed by atoms with Gasteiger partial charge in [-0.15, -0.1) is 0 Å². The zero-order valence-corrected chi connectivity index (χ0v) is 11.8. The van der Waals surface area contributed by atoms with Crippen LogP contribution >= 0.6 is 0 Å². The first-order valence-corrected chi connectivity index (χ1v) is 6.91. The van der Waals surface area contributed by atoms with E-state index in [-0.39, 0.29) is 5.78 Å². The van der Waals surface area contributed by atoms with Crippen LogP contribution < -0.4 is 5.32 Å². The van der Waals surface area contributed by atoms with Crippen molar-refractivity contribution in [3.05, 3.63) is 18.0 Å². The molecule has 4 nitrogen and oxygen atoms in total. The van der Waals surface area contributed by atoms with Crippen molar-refractivity contribution in [2.75, 3.05) is 13.6 Å². The molecule has 102 valence electrons. The number of rotatable bonds is 9. The van der Waals surface area contributed by atoms with Gasteiger partial charge in [-0.3, -0.25) is 9.48 Å². The first kappa shape index (κ1) is 14.9.